The van der Waals surface area contributed by atoms with Gasteiger partial charge in [0.1, 0.15) is 0 Å². The zero-order valence-electron chi connectivity index (χ0n) is 10.5. The van der Waals surface area contributed by atoms with Crippen molar-refractivity contribution in [1.29, 1.82) is 5.26 Å². The summed E-state index contributed by atoms with van der Waals surface area (Å²) in [6.45, 7) is 3.98. The monoisotopic (exact) mass is 263 g/mol. The van der Waals surface area contributed by atoms with E-state index in [1.807, 2.05) is 38.1 Å². The van der Waals surface area contributed by atoms with E-state index in [9.17, 15) is 10.1 Å². The molecule has 0 bridgehead atoms. The maximum atomic E-state index is 11.6. The van der Waals surface area contributed by atoms with E-state index in [0.29, 0.717) is 0 Å². The molecule has 0 saturated carbocycles. The quantitative estimate of drug-likeness (QED) is 0.534. The van der Waals surface area contributed by atoms with Crippen LogP contribution in [-0.4, -0.2) is 22.4 Å². The first kappa shape index (κ1) is 12.9. The van der Waals surface area contributed by atoms with Crippen molar-refractivity contribution < 1.29 is 4.79 Å². The second-order valence-corrected chi connectivity index (χ2v) is 5.12. The Morgan fingerprint density at radius 3 is 2.61 bits per heavy atom. The molecule has 0 aromatic heterocycles. The maximum Gasteiger partial charge on any atom is 0.332 e. The van der Waals surface area contributed by atoms with Gasteiger partial charge >= 0.3 is 5.37 Å². The molecule has 1 heterocycles. The normalized spacial score (nSPS) is 22.2. The molecule has 0 radical (unpaired) electrons. The van der Waals surface area contributed by atoms with E-state index < -0.39 is 16.9 Å². The van der Waals surface area contributed by atoms with Crippen molar-refractivity contribution in [2.75, 3.05) is 7.05 Å². The minimum Gasteiger partial charge on any atom is -0.254 e. The van der Waals surface area contributed by atoms with Gasteiger partial charge in [-0.1, -0.05) is 24.3 Å². The van der Waals surface area contributed by atoms with Crippen LogP contribution in [0.15, 0.2) is 24.3 Å². The number of rotatable bonds is 0. The number of benzene rings is 1. The molecule has 1 aliphatic heterocycles. The van der Waals surface area contributed by atoms with Crippen LogP contribution >= 0.6 is 11.6 Å². The number of hydrogen-bond acceptors (Lipinski definition) is 3. The highest BCUT2D eigenvalue weighted by Gasteiger charge is 2.43. The van der Waals surface area contributed by atoms with Crippen molar-refractivity contribution in [1.82, 2.24) is 10.0 Å². The molecule has 1 aromatic rings. The maximum absolute atomic E-state index is 11.6. The molecule has 1 amide bonds. The molecule has 4 nitrogen and oxygen atoms in total. The second-order valence-electron chi connectivity index (χ2n) is 4.80. The number of hydrogen-bond donors (Lipinski definition) is 0. The number of nitrogens with zero attached hydrogens (tertiary/aromatic N) is 3. The molecule has 18 heavy (non-hydrogen) atoms. The molecule has 0 spiro atoms. The molecule has 1 atom stereocenters. The van der Waals surface area contributed by atoms with Gasteiger partial charge in [-0.3, -0.25) is 4.79 Å². The fraction of sp³-hybridized carbons (Fsp3) is 0.385. The molecule has 2 rings (SSSR count). The SMILES string of the molecule is CN1N(C(=O)Cl)C(C#N)c2ccccc2C1(C)C. The van der Waals surface area contributed by atoms with E-state index in [-0.39, 0.29) is 0 Å². The minimum absolute atomic E-state index is 0.394. The summed E-state index contributed by atoms with van der Waals surface area (Å²) >= 11 is 5.61. The number of fused-ring (bicyclic) bond motifs is 1. The predicted octanol–water partition coefficient (Wildman–Crippen LogP) is 3.01. The molecule has 0 fully saturated rings. The Bertz CT molecular complexity index is 535. The lowest BCUT2D eigenvalue weighted by molar-refractivity contribution is -0.0658. The molecule has 0 N–H and O–H groups in total. The van der Waals surface area contributed by atoms with Gasteiger partial charge in [-0.25, -0.2) is 10.0 Å². The van der Waals surface area contributed by atoms with Gasteiger partial charge in [0.2, 0.25) is 0 Å². The standard InChI is InChI=1S/C13H14ClN3O/c1-13(2)10-7-5-4-6-9(10)11(8-15)17(12(14)18)16(13)3/h4-7,11H,1-3H3. The van der Waals surface area contributed by atoms with Crippen LogP contribution in [0.3, 0.4) is 0 Å². The smallest absolute Gasteiger partial charge is 0.254 e. The van der Waals surface area contributed by atoms with Crippen LogP contribution in [0.4, 0.5) is 4.79 Å². The molecule has 1 aliphatic rings. The van der Waals surface area contributed by atoms with Crippen LogP contribution in [-0.2, 0) is 5.54 Å². The Hall–Kier alpha value is -1.57. The lowest BCUT2D eigenvalue weighted by Gasteiger charge is -2.49. The van der Waals surface area contributed by atoms with Crippen LogP contribution in [0.25, 0.3) is 0 Å². The summed E-state index contributed by atoms with van der Waals surface area (Å²) in [5.41, 5.74) is 1.47. The summed E-state index contributed by atoms with van der Waals surface area (Å²) in [5.74, 6) is 0. The minimum atomic E-state index is -0.677. The lowest BCUT2D eigenvalue weighted by atomic mass is 9.84. The topological polar surface area (TPSA) is 47.3 Å². The summed E-state index contributed by atoms with van der Waals surface area (Å²) < 4.78 is 0. The van der Waals surface area contributed by atoms with Gasteiger partial charge in [0.25, 0.3) is 0 Å². The van der Waals surface area contributed by atoms with E-state index in [2.05, 4.69) is 6.07 Å². The van der Waals surface area contributed by atoms with Gasteiger partial charge in [0, 0.05) is 7.05 Å². The summed E-state index contributed by atoms with van der Waals surface area (Å²) in [4.78, 5) is 11.6. The number of hydrazine groups is 1. The number of amides is 1. The Morgan fingerprint density at radius 1 is 1.44 bits per heavy atom. The number of halogens is 1. The summed E-state index contributed by atoms with van der Waals surface area (Å²) in [5, 5.41) is 11.7. The molecule has 1 unspecified atom stereocenters. The number of carbonyl (C=O) groups excluding carboxylic acids is 1. The highest BCUT2D eigenvalue weighted by atomic mass is 35.5. The largest absolute Gasteiger partial charge is 0.332 e. The van der Waals surface area contributed by atoms with E-state index in [1.54, 1.807) is 12.1 Å². The molecular weight excluding hydrogens is 250 g/mol. The zero-order valence-corrected chi connectivity index (χ0v) is 11.3. The Labute approximate surface area is 111 Å². The lowest BCUT2D eigenvalue weighted by Crippen LogP contribution is -2.56. The predicted molar refractivity (Wildman–Crippen MR) is 68.7 cm³/mol. The number of carbonyl (C=O) groups is 1. The molecule has 0 saturated heterocycles. The van der Waals surface area contributed by atoms with Gasteiger partial charge in [0.05, 0.1) is 11.6 Å². The molecule has 0 aliphatic carbocycles. The second kappa shape index (κ2) is 4.27. The third-order valence-electron chi connectivity index (χ3n) is 3.59. The van der Waals surface area contributed by atoms with Crippen molar-refractivity contribution in [2.24, 2.45) is 0 Å². The van der Waals surface area contributed by atoms with Crippen molar-refractivity contribution in [3.8, 4) is 6.07 Å². The fourth-order valence-corrected chi connectivity index (χ4v) is 2.60. The van der Waals surface area contributed by atoms with E-state index in [0.717, 1.165) is 11.1 Å². The van der Waals surface area contributed by atoms with Crippen molar-refractivity contribution in [3.05, 3.63) is 35.4 Å². The van der Waals surface area contributed by atoms with Crippen LogP contribution in [0, 0.1) is 11.3 Å². The zero-order chi connectivity index (χ0) is 13.5. The van der Waals surface area contributed by atoms with Crippen molar-refractivity contribution in [3.63, 3.8) is 0 Å². The number of nitriles is 1. The first-order chi connectivity index (χ1) is 8.41. The average Bonchev–Trinajstić information content (AvgIpc) is 2.33. The van der Waals surface area contributed by atoms with Gasteiger partial charge in [-0.15, -0.1) is 0 Å². The first-order valence-electron chi connectivity index (χ1n) is 5.62. The summed E-state index contributed by atoms with van der Waals surface area (Å²) in [7, 11) is 1.76. The first-order valence-corrected chi connectivity index (χ1v) is 6.00. The van der Waals surface area contributed by atoms with Gasteiger partial charge in [-0.05, 0) is 36.6 Å². The van der Waals surface area contributed by atoms with E-state index in [1.165, 1.54) is 5.01 Å². The van der Waals surface area contributed by atoms with E-state index in [4.69, 9.17) is 11.6 Å². The Morgan fingerprint density at radius 2 is 2.06 bits per heavy atom. The molecule has 94 valence electrons. The van der Waals surface area contributed by atoms with Gasteiger partial charge in [0.15, 0.2) is 6.04 Å². The van der Waals surface area contributed by atoms with E-state index >= 15 is 0 Å². The third kappa shape index (κ3) is 1.67. The third-order valence-corrected chi connectivity index (χ3v) is 3.77. The Balaban J connectivity index is 2.68. The van der Waals surface area contributed by atoms with Crippen LogP contribution in [0.5, 0.6) is 0 Å². The van der Waals surface area contributed by atoms with Gasteiger partial charge in [-0.2, -0.15) is 5.26 Å². The van der Waals surface area contributed by atoms with Crippen molar-refractivity contribution >= 4 is 17.0 Å². The van der Waals surface area contributed by atoms with Crippen LogP contribution < -0.4 is 0 Å². The van der Waals surface area contributed by atoms with Crippen molar-refractivity contribution in [2.45, 2.75) is 25.4 Å². The highest BCUT2D eigenvalue weighted by molar-refractivity contribution is 6.62. The fourth-order valence-electron chi connectivity index (χ4n) is 2.38. The van der Waals surface area contributed by atoms with Gasteiger partial charge < -0.3 is 0 Å². The summed E-state index contributed by atoms with van der Waals surface area (Å²) in [6, 6.07) is 9.10. The average molecular weight is 264 g/mol. The van der Waals surface area contributed by atoms with Crippen LogP contribution in [0.1, 0.15) is 31.0 Å². The highest BCUT2D eigenvalue weighted by Crippen LogP contribution is 2.42. The summed E-state index contributed by atoms with van der Waals surface area (Å²) in [6.07, 6.45) is 0. The molecular formula is C13H14ClN3O. The van der Waals surface area contributed by atoms with Crippen LogP contribution in [0.2, 0.25) is 0 Å². The molecule has 5 heteroatoms. The Kier molecular flexibility index (Phi) is 3.05. The molecule has 1 aromatic carbocycles.